The summed E-state index contributed by atoms with van der Waals surface area (Å²) in [7, 11) is 0. The predicted molar refractivity (Wildman–Crippen MR) is 99.2 cm³/mol. The van der Waals surface area contributed by atoms with E-state index in [-0.39, 0.29) is 36.5 Å². The number of fused-ring (bicyclic) bond motifs is 4. The minimum atomic E-state index is -0.586. The number of piperidine rings is 1. The van der Waals surface area contributed by atoms with E-state index in [0.29, 0.717) is 31.2 Å². The van der Waals surface area contributed by atoms with E-state index in [1.165, 1.54) is 0 Å². The van der Waals surface area contributed by atoms with Crippen molar-refractivity contribution in [3.8, 4) is 5.75 Å². The lowest BCUT2D eigenvalue weighted by atomic mass is 10.0. The largest absolute Gasteiger partial charge is 0.489 e. The molecule has 0 aliphatic carbocycles. The van der Waals surface area contributed by atoms with Gasteiger partial charge in [-0.05, 0) is 24.1 Å². The van der Waals surface area contributed by atoms with Crippen molar-refractivity contribution >= 4 is 35.8 Å². The third-order valence-corrected chi connectivity index (χ3v) is 5.69. The molecule has 4 heterocycles. The van der Waals surface area contributed by atoms with E-state index in [9.17, 15) is 14.4 Å². The van der Waals surface area contributed by atoms with Crippen LogP contribution in [0.3, 0.4) is 0 Å². The third kappa shape index (κ3) is 2.83. The number of benzene rings is 1. The van der Waals surface area contributed by atoms with Crippen molar-refractivity contribution in [3.05, 3.63) is 23.3 Å². The predicted octanol–water partition coefficient (Wildman–Crippen LogP) is 0.0400. The number of anilines is 1. The van der Waals surface area contributed by atoms with Crippen molar-refractivity contribution in [1.29, 1.82) is 0 Å². The normalized spacial score (nSPS) is 26.4. The molecule has 4 aliphatic rings. The zero-order valence-corrected chi connectivity index (χ0v) is 15.5. The van der Waals surface area contributed by atoms with Crippen molar-refractivity contribution < 1.29 is 19.1 Å². The minimum absolute atomic E-state index is 0. The van der Waals surface area contributed by atoms with Gasteiger partial charge in [-0.3, -0.25) is 19.7 Å². The molecule has 0 saturated carbocycles. The first-order valence-electron chi connectivity index (χ1n) is 9.03. The Hall–Kier alpha value is -2.32. The molecule has 2 saturated heterocycles. The Balaban J connectivity index is 0.00000180. The molecule has 5 rings (SSSR count). The maximum absolute atomic E-state index is 12.9. The van der Waals surface area contributed by atoms with Crippen molar-refractivity contribution in [1.82, 2.24) is 15.5 Å². The van der Waals surface area contributed by atoms with Gasteiger partial charge in [-0.25, -0.2) is 0 Å². The van der Waals surface area contributed by atoms with E-state index in [0.717, 1.165) is 36.6 Å². The van der Waals surface area contributed by atoms with E-state index < -0.39 is 6.04 Å². The van der Waals surface area contributed by atoms with E-state index in [4.69, 9.17) is 4.74 Å². The second-order valence-corrected chi connectivity index (χ2v) is 7.24. The van der Waals surface area contributed by atoms with Gasteiger partial charge >= 0.3 is 0 Å². The first kappa shape index (κ1) is 18.1. The van der Waals surface area contributed by atoms with E-state index in [1.54, 1.807) is 4.90 Å². The number of hydrogen-bond acceptors (Lipinski definition) is 6. The molecule has 2 atom stereocenters. The third-order valence-electron chi connectivity index (χ3n) is 5.69. The highest BCUT2D eigenvalue weighted by Gasteiger charge is 2.40. The van der Waals surface area contributed by atoms with Crippen LogP contribution in [0.5, 0.6) is 5.75 Å². The summed E-state index contributed by atoms with van der Waals surface area (Å²) in [6, 6.07) is 3.57. The second-order valence-electron chi connectivity index (χ2n) is 7.24. The van der Waals surface area contributed by atoms with Gasteiger partial charge in [-0.15, -0.1) is 12.4 Å². The van der Waals surface area contributed by atoms with Gasteiger partial charge in [0.15, 0.2) is 0 Å². The van der Waals surface area contributed by atoms with Gasteiger partial charge in [0, 0.05) is 38.2 Å². The molecule has 2 fully saturated rings. The highest BCUT2D eigenvalue weighted by atomic mass is 35.5. The number of rotatable bonds is 1. The molecular weight excluding hydrogens is 372 g/mol. The van der Waals surface area contributed by atoms with Crippen LogP contribution >= 0.6 is 12.4 Å². The molecule has 9 heteroatoms. The fourth-order valence-electron chi connectivity index (χ4n) is 4.34. The highest BCUT2D eigenvalue weighted by Crippen LogP contribution is 2.40. The number of nitrogens with one attached hydrogen (secondary N) is 2. The van der Waals surface area contributed by atoms with Crippen LogP contribution < -0.4 is 20.3 Å². The number of carbonyl (C=O) groups is 3. The monoisotopic (exact) mass is 392 g/mol. The molecule has 0 aromatic heterocycles. The number of halogens is 1. The quantitative estimate of drug-likeness (QED) is 0.656. The Morgan fingerprint density at radius 2 is 2.00 bits per heavy atom. The van der Waals surface area contributed by atoms with Crippen LogP contribution in [0.15, 0.2) is 12.1 Å². The highest BCUT2D eigenvalue weighted by molar-refractivity contribution is 6.05. The van der Waals surface area contributed by atoms with Gasteiger partial charge in [0.1, 0.15) is 18.4 Å². The Morgan fingerprint density at radius 1 is 1.15 bits per heavy atom. The lowest BCUT2D eigenvalue weighted by Crippen LogP contribution is -2.55. The van der Waals surface area contributed by atoms with Gasteiger partial charge in [0.2, 0.25) is 11.8 Å². The summed E-state index contributed by atoms with van der Waals surface area (Å²) in [5.74, 6) is -0.0849. The van der Waals surface area contributed by atoms with Crippen LogP contribution in [0.1, 0.15) is 28.8 Å². The van der Waals surface area contributed by atoms with Crippen molar-refractivity contribution in [3.63, 3.8) is 0 Å². The molecular formula is C18H21ClN4O4. The minimum Gasteiger partial charge on any atom is -0.489 e. The zero-order valence-electron chi connectivity index (χ0n) is 14.7. The lowest BCUT2D eigenvalue weighted by Gasteiger charge is -2.42. The lowest BCUT2D eigenvalue weighted by molar-refractivity contribution is -0.136. The number of carbonyl (C=O) groups excluding carboxylic acids is 3. The summed E-state index contributed by atoms with van der Waals surface area (Å²) in [6.45, 7) is 3.71. The Morgan fingerprint density at radius 3 is 2.81 bits per heavy atom. The van der Waals surface area contributed by atoms with Crippen LogP contribution in [-0.2, 0) is 16.1 Å². The number of hydrogen-bond donors (Lipinski definition) is 2. The van der Waals surface area contributed by atoms with Gasteiger partial charge in [0.25, 0.3) is 5.91 Å². The topological polar surface area (TPSA) is 91.0 Å². The summed E-state index contributed by atoms with van der Waals surface area (Å²) in [4.78, 5) is 40.3. The Bertz CT molecular complexity index is 830. The maximum atomic E-state index is 12.9. The van der Waals surface area contributed by atoms with E-state index >= 15 is 0 Å². The first-order chi connectivity index (χ1) is 12.6. The standard InChI is InChI=1S/C18H20N4O4.ClH/c23-16-2-1-13(17(24)20-16)22-8-10-5-14-15(6-12(10)18(22)25)26-9-11-7-19-3-4-21(11)14;/h5-6,11,13,19H,1-4,7-9H2,(H,20,23,24);1H/t11-,13-;/m1./s1. The fraction of sp³-hybridized carbons (Fsp3) is 0.500. The first-order valence-corrected chi connectivity index (χ1v) is 9.03. The molecule has 3 amide bonds. The summed E-state index contributed by atoms with van der Waals surface area (Å²) in [6.07, 6.45) is 0.638. The maximum Gasteiger partial charge on any atom is 0.255 e. The van der Waals surface area contributed by atoms with Crippen LogP contribution in [0.2, 0.25) is 0 Å². The van der Waals surface area contributed by atoms with Gasteiger partial charge < -0.3 is 19.9 Å². The van der Waals surface area contributed by atoms with Crippen molar-refractivity contribution in [2.45, 2.75) is 31.5 Å². The molecule has 144 valence electrons. The second kappa shape index (κ2) is 6.69. The summed E-state index contributed by atoms with van der Waals surface area (Å²) >= 11 is 0. The molecule has 8 nitrogen and oxygen atoms in total. The van der Waals surface area contributed by atoms with Gasteiger partial charge in [-0.1, -0.05) is 0 Å². The average molecular weight is 393 g/mol. The summed E-state index contributed by atoms with van der Waals surface area (Å²) < 4.78 is 5.91. The van der Waals surface area contributed by atoms with Crippen LogP contribution in [0.4, 0.5) is 5.69 Å². The zero-order chi connectivity index (χ0) is 17.8. The van der Waals surface area contributed by atoms with Gasteiger partial charge in [0.05, 0.1) is 11.7 Å². The van der Waals surface area contributed by atoms with Crippen molar-refractivity contribution in [2.75, 3.05) is 31.1 Å². The molecule has 4 aliphatic heterocycles. The van der Waals surface area contributed by atoms with Crippen LogP contribution in [-0.4, -0.2) is 60.9 Å². The number of ether oxygens (including phenoxy) is 1. The fourth-order valence-corrected chi connectivity index (χ4v) is 4.34. The van der Waals surface area contributed by atoms with E-state index in [2.05, 4.69) is 15.5 Å². The molecule has 0 bridgehead atoms. The number of nitrogens with zero attached hydrogens (tertiary/aromatic N) is 2. The molecule has 1 aromatic rings. The molecule has 0 unspecified atom stereocenters. The number of piperazine rings is 1. The molecule has 27 heavy (non-hydrogen) atoms. The number of amides is 3. The number of imide groups is 1. The Kier molecular flexibility index (Phi) is 4.47. The molecule has 1 aromatic carbocycles. The molecule has 2 N–H and O–H groups in total. The van der Waals surface area contributed by atoms with E-state index in [1.807, 2.05) is 12.1 Å². The average Bonchev–Trinajstić information content (AvgIpc) is 2.96. The van der Waals surface area contributed by atoms with Crippen LogP contribution in [0.25, 0.3) is 0 Å². The Labute approximate surface area is 162 Å². The smallest absolute Gasteiger partial charge is 0.255 e. The van der Waals surface area contributed by atoms with Crippen LogP contribution in [0, 0.1) is 0 Å². The SMILES string of the molecule is Cl.O=C1CC[C@@H](N2Cc3cc4c(cc3C2=O)OC[C@H]2CNCCN42)C(=O)N1. The summed E-state index contributed by atoms with van der Waals surface area (Å²) in [5.41, 5.74) is 2.54. The van der Waals surface area contributed by atoms with Gasteiger partial charge in [-0.2, -0.15) is 0 Å². The summed E-state index contributed by atoms with van der Waals surface area (Å²) in [5, 5.41) is 5.71. The van der Waals surface area contributed by atoms with Crippen molar-refractivity contribution in [2.24, 2.45) is 0 Å². The molecule has 0 radical (unpaired) electrons. The molecule has 0 spiro atoms.